The molecule has 0 bridgehead atoms. The highest BCUT2D eigenvalue weighted by Crippen LogP contribution is 2.15. The molecule has 0 amide bonds. The van der Waals surface area contributed by atoms with Gasteiger partial charge in [0, 0.05) is 12.1 Å². The zero-order valence-corrected chi connectivity index (χ0v) is 10.9. The Labute approximate surface area is 109 Å². The molecule has 1 atom stereocenters. The van der Waals surface area contributed by atoms with E-state index in [4.69, 9.17) is 11.6 Å². The van der Waals surface area contributed by atoms with Crippen LogP contribution in [-0.2, 0) is 6.42 Å². The highest BCUT2D eigenvalue weighted by Gasteiger charge is 2.07. The maximum Gasteiger partial charge on any atom is 0.223 e. The number of thiophene rings is 1. The smallest absolute Gasteiger partial charge is 0.223 e. The topological polar surface area (TPSA) is 102 Å². The lowest BCUT2D eigenvalue weighted by atomic mass is 10.1. The van der Waals surface area contributed by atoms with Gasteiger partial charge in [-0.3, -0.25) is 0 Å². The Bertz CT molecular complexity index is 498. The van der Waals surface area contributed by atoms with Crippen LogP contribution in [0, 0.1) is 0 Å². The van der Waals surface area contributed by atoms with Gasteiger partial charge in [-0.1, -0.05) is 0 Å². The van der Waals surface area contributed by atoms with Crippen LogP contribution in [0.3, 0.4) is 0 Å². The molecule has 0 aliphatic carbocycles. The molecule has 6 nitrogen and oxygen atoms in total. The maximum atomic E-state index is 5.59. The van der Waals surface area contributed by atoms with Gasteiger partial charge in [0.2, 0.25) is 5.95 Å². The third-order valence-electron chi connectivity index (χ3n) is 2.41. The molecule has 2 aromatic rings. The van der Waals surface area contributed by atoms with Gasteiger partial charge in [0.1, 0.15) is 11.6 Å². The minimum Gasteiger partial charge on any atom is -0.368 e. The molecule has 96 valence electrons. The lowest BCUT2D eigenvalue weighted by molar-refractivity contribution is 0.786. The number of nitrogens with one attached hydrogen (secondary N) is 2. The van der Waals surface area contributed by atoms with Crippen molar-refractivity contribution in [2.45, 2.75) is 19.4 Å². The molecule has 7 heteroatoms. The van der Waals surface area contributed by atoms with Gasteiger partial charge >= 0.3 is 0 Å². The number of hydrogen-bond donors (Lipinski definition) is 4. The first-order valence-corrected chi connectivity index (χ1v) is 6.50. The SMILES string of the molecule is CC(Cc1ccsc1)Nc1cc(NN)nc(N)n1. The van der Waals surface area contributed by atoms with E-state index in [1.807, 2.05) is 0 Å². The van der Waals surface area contributed by atoms with Crippen LogP contribution in [-0.4, -0.2) is 16.0 Å². The number of anilines is 3. The molecule has 2 aromatic heterocycles. The van der Waals surface area contributed by atoms with E-state index in [0.29, 0.717) is 11.6 Å². The lowest BCUT2D eigenvalue weighted by Crippen LogP contribution is -2.20. The van der Waals surface area contributed by atoms with E-state index in [0.717, 1.165) is 6.42 Å². The van der Waals surface area contributed by atoms with Gasteiger partial charge in [-0.05, 0) is 35.7 Å². The van der Waals surface area contributed by atoms with Crippen LogP contribution in [0.15, 0.2) is 22.9 Å². The van der Waals surface area contributed by atoms with Gasteiger partial charge < -0.3 is 16.5 Å². The van der Waals surface area contributed by atoms with Gasteiger partial charge in [-0.25, -0.2) is 5.84 Å². The average molecular weight is 264 g/mol. The van der Waals surface area contributed by atoms with Crippen molar-refractivity contribution in [1.29, 1.82) is 0 Å². The van der Waals surface area contributed by atoms with Crippen molar-refractivity contribution >= 4 is 28.9 Å². The fraction of sp³-hybridized carbons (Fsp3) is 0.273. The fourth-order valence-corrected chi connectivity index (χ4v) is 2.36. The van der Waals surface area contributed by atoms with Gasteiger partial charge in [0.15, 0.2) is 0 Å². The Morgan fingerprint density at radius 1 is 1.39 bits per heavy atom. The predicted octanol–water partition coefficient (Wildman–Crippen LogP) is 1.45. The zero-order valence-electron chi connectivity index (χ0n) is 10.1. The summed E-state index contributed by atoms with van der Waals surface area (Å²) in [5, 5.41) is 7.48. The molecule has 2 heterocycles. The van der Waals surface area contributed by atoms with Crippen molar-refractivity contribution in [1.82, 2.24) is 9.97 Å². The number of rotatable bonds is 5. The number of nitrogens with zero attached hydrogens (tertiary/aromatic N) is 2. The summed E-state index contributed by atoms with van der Waals surface area (Å²) in [6, 6.07) is 4.09. The Morgan fingerprint density at radius 3 is 2.83 bits per heavy atom. The maximum absolute atomic E-state index is 5.59. The van der Waals surface area contributed by atoms with Crippen LogP contribution in [0.2, 0.25) is 0 Å². The zero-order chi connectivity index (χ0) is 13.0. The van der Waals surface area contributed by atoms with Crippen molar-refractivity contribution in [3.8, 4) is 0 Å². The van der Waals surface area contributed by atoms with E-state index in [1.165, 1.54) is 5.56 Å². The van der Waals surface area contributed by atoms with Crippen LogP contribution in [0.5, 0.6) is 0 Å². The van der Waals surface area contributed by atoms with E-state index >= 15 is 0 Å². The second-order valence-corrected chi connectivity index (χ2v) is 4.80. The van der Waals surface area contributed by atoms with E-state index in [-0.39, 0.29) is 12.0 Å². The Morgan fingerprint density at radius 2 is 2.17 bits per heavy atom. The molecule has 2 rings (SSSR count). The fourth-order valence-electron chi connectivity index (χ4n) is 1.68. The second-order valence-electron chi connectivity index (χ2n) is 4.02. The van der Waals surface area contributed by atoms with Gasteiger partial charge in [0.25, 0.3) is 0 Å². The minimum absolute atomic E-state index is 0.190. The number of nitrogens with two attached hydrogens (primary N) is 2. The standard InChI is InChI=1S/C11H16N6S/c1-7(4-8-2-3-18-6-8)14-9-5-10(17-13)16-11(12)15-9/h2-3,5-7H,4,13H2,1H3,(H4,12,14,15,16,17). The summed E-state index contributed by atoms with van der Waals surface area (Å²) < 4.78 is 0. The van der Waals surface area contributed by atoms with E-state index in [2.05, 4.69) is 44.5 Å². The van der Waals surface area contributed by atoms with Crippen LogP contribution >= 0.6 is 11.3 Å². The molecule has 0 aliphatic heterocycles. The molecule has 0 spiro atoms. The molecular formula is C11H16N6S. The Balaban J connectivity index is 2.02. The number of nitrogen functional groups attached to an aromatic ring is 2. The largest absolute Gasteiger partial charge is 0.368 e. The molecule has 0 fully saturated rings. The lowest BCUT2D eigenvalue weighted by Gasteiger charge is -2.14. The molecular weight excluding hydrogens is 248 g/mol. The first-order valence-electron chi connectivity index (χ1n) is 5.56. The van der Waals surface area contributed by atoms with Gasteiger partial charge in [-0.2, -0.15) is 21.3 Å². The molecule has 0 aromatic carbocycles. The summed E-state index contributed by atoms with van der Waals surface area (Å²) >= 11 is 1.70. The Kier molecular flexibility index (Phi) is 3.96. The molecule has 0 aliphatic rings. The normalized spacial score (nSPS) is 12.1. The summed E-state index contributed by atoms with van der Waals surface area (Å²) in [6.45, 7) is 2.09. The van der Waals surface area contributed by atoms with Crippen LogP contribution in [0.25, 0.3) is 0 Å². The summed E-state index contributed by atoms with van der Waals surface area (Å²) in [4.78, 5) is 8.04. The van der Waals surface area contributed by atoms with Gasteiger partial charge in [0.05, 0.1) is 0 Å². The highest BCUT2D eigenvalue weighted by molar-refractivity contribution is 7.07. The third kappa shape index (κ3) is 3.31. The van der Waals surface area contributed by atoms with Crippen molar-refractivity contribution in [3.63, 3.8) is 0 Å². The monoisotopic (exact) mass is 264 g/mol. The number of hydrogen-bond acceptors (Lipinski definition) is 7. The Hall–Kier alpha value is -1.86. The molecule has 6 N–H and O–H groups in total. The van der Waals surface area contributed by atoms with Crippen molar-refractivity contribution in [2.75, 3.05) is 16.5 Å². The quantitative estimate of drug-likeness (QED) is 0.481. The summed E-state index contributed by atoms with van der Waals surface area (Å²) in [6.07, 6.45) is 0.929. The summed E-state index contributed by atoms with van der Waals surface area (Å²) in [7, 11) is 0. The predicted molar refractivity (Wildman–Crippen MR) is 75.4 cm³/mol. The number of hydrazine groups is 1. The average Bonchev–Trinajstić information content (AvgIpc) is 2.80. The third-order valence-corrected chi connectivity index (χ3v) is 3.14. The van der Waals surface area contributed by atoms with Gasteiger partial charge in [-0.15, -0.1) is 0 Å². The minimum atomic E-state index is 0.190. The first-order chi connectivity index (χ1) is 8.67. The summed E-state index contributed by atoms with van der Waals surface area (Å²) in [5.74, 6) is 6.65. The van der Waals surface area contributed by atoms with E-state index < -0.39 is 0 Å². The van der Waals surface area contributed by atoms with Crippen LogP contribution in [0.1, 0.15) is 12.5 Å². The highest BCUT2D eigenvalue weighted by atomic mass is 32.1. The number of aromatic nitrogens is 2. The molecule has 0 radical (unpaired) electrons. The van der Waals surface area contributed by atoms with Crippen molar-refractivity contribution in [2.24, 2.45) is 5.84 Å². The van der Waals surface area contributed by atoms with Crippen molar-refractivity contribution < 1.29 is 0 Å². The van der Waals surface area contributed by atoms with E-state index in [1.54, 1.807) is 17.4 Å². The molecule has 0 saturated carbocycles. The van der Waals surface area contributed by atoms with Crippen LogP contribution in [0.4, 0.5) is 17.6 Å². The first kappa shape index (κ1) is 12.6. The molecule has 18 heavy (non-hydrogen) atoms. The second kappa shape index (κ2) is 5.65. The van der Waals surface area contributed by atoms with Crippen LogP contribution < -0.4 is 22.3 Å². The molecule has 0 saturated heterocycles. The summed E-state index contributed by atoms with van der Waals surface area (Å²) in [5.41, 5.74) is 9.35. The molecule has 1 unspecified atom stereocenters. The van der Waals surface area contributed by atoms with Crippen molar-refractivity contribution in [3.05, 3.63) is 28.5 Å². The van der Waals surface area contributed by atoms with E-state index in [9.17, 15) is 0 Å².